The van der Waals surface area contributed by atoms with Gasteiger partial charge in [-0.05, 0) is 42.0 Å². The molecular formula is C25H21N3O3. The quantitative estimate of drug-likeness (QED) is 0.460. The second-order valence-corrected chi connectivity index (χ2v) is 7.56. The van der Waals surface area contributed by atoms with Gasteiger partial charge >= 0.3 is 0 Å². The number of para-hydroxylation sites is 1. The molecule has 5 rings (SSSR count). The number of carbonyl (C=O) groups is 1. The van der Waals surface area contributed by atoms with Crippen LogP contribution in [0.2, 0.25) is 0 Å². The number of rotatable bonds is 6. The summed E-state index contributed by atoms with van der Waals surface area (Å²) in [5.74, 6) is 2.80. The molecule has 3 aromatic carbocycles. The van der Waals surface area contributed by atoms with Crippen LogP contribution in [0.15, 0.2) is 89.5 Å². The van der Waals surface area contributed by atoms with E-state index in [0.29, 0.717) is 42.5 Å². The van der Waals surface area contributed by atoms with E-state index in [9.17, 15) is 4.79 Å². The molecule has 0 radical (unpaired) electrons. The van der Waals surface area contributed by atoms with Gasteiger partial charge in [0.1, 0.15) is 11.5 Å². The molecule has 1 saturated heterocycles. The molecule has 0 bridgehead atoms. The molecule has 6 nitrogen and oxygen atoms in total. The molecule has 4 aromatic rings. The molecule has 1 aliphatic heterocycles. The van der Waals surface area contributed by atoms with E-state index in [1.165, 1.54) is 0 Å². The lowest BCUT2D eigenvalue weighted by Crippen LogP contribution is -2.48. The number of hydrogen-bond acceptors (Lipinski definition) is 5. The molecule has 0 N–H and O–H groups in total. The van der Waals surface area contributed by atoms with Crippen LogP contribution in [0.5, 0.6) is 11.5 Å². The third kappa shape index (κ3) is 4.33. The molecular weight excluding hydrogens is 390 g/mol. The second-order valence-electron chi connectivity index (χ2n) is 7.56. The molecule has 6 heteroatoms. The van der Waals surface area contributed by atoms with Crippen molar-refractivity contribution in [2.24, 2.45) is 0 Å². The first-order chi connectivity index (χ1) is 15.2. The van der Waals surface area contributed by atoms with E-state index in [0.717, 1.165) is 11.3 Å². The van der Waals surface area contributed by atoms with E-state index >= 15 is 0 Å². The van der Waals surface area contributed by atoms with Crippen molar-refractivity contribution in [3.8, 4) is 11.5 Å². The van der Waals surface area contributed by atoms with Crippen molar-refractivity contribution < 1.29 is 14.1 Å². The van der Waals surface area contributed by atoms with Gasteiger partial charge in [-0.1, -0.05) is 53.7 Å². The van der Waals surface area contributed by atoms with Gasteiger partial charge in [-0.15, -0.1) is 0 Å². The number of carbonyl (C=O) groups excluding carboxylic acids is 1. The van der Waals surface area contributed by atoms with Crippen LogP contribution in [-0.4, -0.2) is 34.0 Å². The average molecular weight is 411 g/mol. The molecule has 1 aliphatic rings. The maximum atomic E-state index is 12.7. The fourth-order valence-corrected chi connectivity index (χ4v) is 3.56. The smallest absolute Gasteiger partial charge is 0.253 e. The number of aromatic nitrogens is 2. The minimum absolute atomic E-state index is 0.00784. The first-order valence-electron chi connectivity index (χ1n) is 10.2. The zero-order chi connectivity index (χ0) is 21.0. The first kappa shape index (κ1) is 19.1. The number of ether oxygens (including phenoxy) is 1. The lowest BCUT2D eigenvalue weighted by atomic mass is 9.98. The number of amides is 1. The third-order valence-electron chi connectivity index (χ3n) is 5.29. The Bertz CT molecular complexity index is 1150. The van der Waals surface area contributed by atoms with Gasteiger partial charge < -0.3 is 14.2 Å². The lowest BCUT2D eigenvalue weighted by Gasteiger charge is -2.37. The van der Waals surface area contributed by atoms with Crippen LogP contribution in [-0.2, 0) is 6.42 Å². The summed E-state index contributed by atoms with van der Waals surface area (Å²) < 4.78 is 11.2. The van der Waals surface area contributed by atoms with Gasteiger partial charge in [-0.25, -0.2) is 0 Å². The largest absolute Gasteiger partial charge is 0.457 e. The Labute approximate surface area is 180 Å². The van der Waals surface area contributed by atoms with Crippen molar-refractivity contribution in [1.29, 1.82) is 0 Å². The third-order valence-corrected chi connectivity index (χ3v) is 5.29. The summed E-state index contributed by atoms with van der Waals surface area (Å²) in [7, 11) is 0. The fourth-order valence-electron chi connectivity index (χ4n) is 3.56. The minimum atomic E-state index is -0.00784. The van der Waals surface area contributed by atoms with Crippen LogP contribution in [0.25, 0.3) is 0 Å². The van der Waals surface area contributed by atoms with Gasteiger partial charge in [-0.3, -0.25) is 4.79 Å². The minimum Gasteiger partial charge on any atom is -0.457 e. The summed E-state index contributed by atoms with van der Waals surface area (Å²) in [6, 6.07) is 26.8. The van der Waals surface area contributed by atoms with E-state index in [-0.39, 0.29) is 11.8 Å². The molecule has 0 unspecified atom stereocenters. The van der Waals surface area contributed by atoms with Gasteiger partial charge in [-0.2, -0.15) is 4.98 Å². The molecule has 1 amide bonds. The predicted molar refractivity (Wildman–Crippen MR) is 115 cm³/mol. The van der Waals surface area contributed by atoms with Gasteiger partial charge in [0, 0.05) is 25.1 Å². The van der Waals surface area contributed by atoms with Crippen molar-refractivity contribution >= 4 is 5.91 Å². The topological polar surface area (TPSA) is 68.5 Å². The summed E-state index contributed by atoms with van der Waals surface area (Å²) in [4.78, 5) is 19.0. The summed E-state index contributed by atoms with van der Waals surface area (Å²) in [6.07, 6.45) is 0.636. The maximum Gasteiger partial charge on any atom is 0.253 e. The Hall–Kier alpha value is -3.93. The SMILES string of the molecule is O=C(c1ccc(Oc2ccccc2)cc1)N1CC(c2nc(Cc3ccccc3)no2)C1. The highest BCUT2D eigenvalue weighted by Crippen LogP contribution is 2.28. The van der Waals surface area contributed by atoms with Gasteiger partial charge in [0.05, 0.1) is 5.92 Å². The summed E-state index contributed by atoms with van der Waals surface area (Å²) >= 11 is 0. The van der Waals surface area contributed by atoms with Crippen molar-refractivity contribution in [2.45, 2.75) is 12.3 Å². The monoisotopic (exact) mass is 411 g/mol. The number of likely N-dealkylation sites (tertiary alicyclic amines) is 1. The molecule has 1 aromatic heterocycles. The fraction of sp³-hybridized carbons (Fsp3) is 0.160. The van der Waals surface area contributed by atoms with E-state index in [2.05, 4.69) is 10.1 Å². The molecule has 0 aliphatic carbocycles. The van der Waals surface area contributed by atoms with Crippen molar-refractivity contribution in [2.75, 3.05) is 13.1 Å². The predicted octanol–water partition coefficient (Wildman–Crippen LogP) is 4.69. The number of nitrogens with zero attached hydrogens (tertiary/aromatic N) is 3. The van der Waals surface area contributed by atoms with Gasteiger partial charge in [0.25, 0.3) is 5.91 Å². The van der Waals surface area contributed by atoms with Crippen molar-refractivity contribution in [3.63, 3.8) is 0 Å². The van der Waals surface area contributed by atoms with E-state index in [1.54, 1.807) is 17.0 Å². The maximum absolute atomic E-state index is 12.7. The lowest BCUT2D eigenvalue weighted by molar-refractivity contribution is 0.0569. The summed E-state index contributed by atoms with van der Waals surface area (Å²) in [5.41, 5.74) is 1.77. The van der Waals surface area contributed by atoms with Gasteiger partial charge in [0.15, 0.2) is 5.82 Å². The van der Waals surface area contributed by atoms with Crippen LogP contribution in [0, 0.1) is 0 Å². The normalized spacial score (nSPS) is 13.6. The van der Waals surface area contributed by atoms with E-state index < -0.39 is 0 Å². The summed E-state index contributed by atoms with van der Waals surface area (Å²) in [5, 5.41) is 4.08. The van der Waals surface area contributed by atoms with Crippen molar-refractivity contribution in [3.05, 3.63) is 108 Å². The van der Waals surface area contributed by atoms with Crippen LogP contribution in [0.4, 0.5) is 0 Å². The molecule has 2 heterocycles. The molecule has 31 heavy (non-hydrogen) atoms. The van der Waals surface area contributed by atoms with Crippen LogP contribution >= 0.6 is 0 Å². The highest BCUT2D eigenvalue weighted by molar-refractivity contribution is 5.95. The zero-order valence-electron chi connectivity index (χ0n) is 16.8. The molecule has 154 valence electrons. The van der Waals surface area contributed by atoms with Crippen LogP contribution in [0.1, 0.15) is 33.6 Å². The molecule has 0 atom stereocenters. The zero-order valence-corrected chi connectivity index (χ0v) is 16.8. The van der Waals surface area contributed by atoms with Gasteiger partial charge in [0.2, 0.25) is 5.89 Å². The Morgan fingerprint density at radius 1 is 0.903 bits per heavy atom. The second kappa shape index (κ2) is 8.44. The summed E-state index contributed by atoms with van der Waals surface area (Å²) in [6.45, 7) is 1.15. The Kier molecular flexibility index (Phi) is 5.19. The Morgan fingerprint density at radius 2 is 1.55 bits per heavy atom. The van der Waals surface area contributed by atoms with Crippen molar-refractivity contribution in [1.82, 2.24) is 15.0 Å². The molecule has 0 spiro atoms. The molecule has 0 saturated carbocycles. The standard InChI is InChI=1S/C25H21N3O3/c29-25(19-11-13-22(14-12-19)30-21-9-5-2-6-10-21)28-16-20(17-28)24-26-23(27-31-24)15-18-7-3-1-4-8-18/h1-14,20H,15-17H2. The number of benzene rings is 3. The number of hydrogen-bond donors (Lipinski definition) is 0. The average Bonchev–Trinajstić information content (AvgIpc) is 3.22. The Morgan fingerprint density at radius 3 is 2.26 bits per heavy atom. The molecule has 1 fully saturated rings. The highest BCUT2D eigenvalue weighted by Gasteiger charge is 2.36. The van der Waals surface area contributed by atoms with Crippen LogP contribution < -0.4 is 4.74 Å². The van der Waals surface area contributed by atoms with E-state index in [4.69, 9.17) is 9.26 Å². The Balaban J connectivity index is 1.16. The van der Waals surface area contributed by atoms with Crippen LogP contribution in [0.3, 0.4) is 0 Å². The van der Waals surface area contributed by atoms with E-state index in [1.807, 2.05) is 72.8 Å². The first-order valence-corrected chi connectivity index (χ1v) is 10.2. The highest BCUT2D eigenvalue weighted by atomic mass is 16.5.